The highest BCUT2D eigenvalue weighted by atomic mass is 35.5. The lowest BCUT2D eigenvalue weighted by Crippen LogP contribution is -2.19. The molecule has 1 N–H and O–H groups in total. The lowest BCUT2D eigenvalue weighted by atomic mass is 10.2. The van der Waals surface area contributed by atoms with Crippen molar-refractivity contribution in [3.05, 3.63) is 58.9 Å². The molecule has 0 saturated heterocycles. The van der Waals surface area contributed by atoms with E-state index in [4.69, 9.17) is 21.1 Å². The monoisotopic (exact) mass is 306 g/mol. The number of rotatable bonds is 8. The third-order valence-electron chi connectivity index (χ3n) is 3.00. The summed E-state index contributed by atoms with van der Waals surface area (Å²) in [5.74, 6) is 0.796. The molecule has 0 atom stereocenters. The summed E-state index contributed by atoms with van der Waals surface area (Å²) >= 11 is 6.26. The minimum Gasteiger partial charge on any atom is -0.489 e. The molecule has 0 spiro atoms. The molecule has 4 nitrogen and oxygen atoms in total. The van der Waals surface area contributed by atoms with E-state index in [0.29, 0.717) is 24.8 Å². The number of ether oxygens (including phenoxy) is 2. The second kappa shape index (κ2) is 8.62. The van der Waals surface area contributed by atoms with Gasteiger partial charge >= 0.3 is 0 Å². The average molecular weight is 307 g/mol. The van der Waals surface area contributed by atoms with Crippen molar-refractivity contribution in [3.63, 3.8) is 0 Å². The first-order valence-electron chi connectivity index (χ1n) is 6.80. The Morgan fingerprint density at radius 1 is 1.19 bits per heavy atom. The molecule has 1 aromatic carbocycles. The van der Waals surface area contributed by atoms with Gasteiger partial charge in [0.05, 0.1) is 6.61 Å². The van der Waals surface area contributed by atoms with E-state index in [0.717, 1.165) is 23.4 Å². The molecule has 1 aromatic heterocycles. The first kappa shape index (κ1) is 15.8. The molecule has 0 bridgehead atoms. The highest BCUT2D eigenvalue weighted by molar-refractivity contribution is 6.31. The Morgan fingerprint density at radius 2 is 2.00 bits per heavy atom. The van der Waals surface area contributed by atoms with Gasteiger partial charge in [-0.2, -0.15) is 0 Å². The molecule has 0 saturated carbocycles. The van der Waals surface area contributed by atoms with Crippen LogP contribution < -0.4 is 10.1 Å². The van der Waals surface area contributed by atoms with Crippen molar-refractivity contribution in [1.82, 2.24) is 10.3 Å². The molecule has 0 aliphatic carbocycles. The predicted molar refractivity (Wildman–Crippen MR) is 83.6 cm³/mol. The van der Waals surface area contributed by atoms with Crippen molar-refractivity contribution in [3.8, 4) is 5.75 Å². The standard InChI is InChI=1S/C16H19ClN2O2/c1-20-10-9-19-11-14-15(17)3-2-4-16(14)21-12-13-5-7-18-8-6-13/h2-8,19H,9-12H2,1H3. The van der Waals surface area contributed by atoms with Crippen molar-refractivity contribution in [2.75, 3.05) is 20.3 Å². The molecular formula is C16H19ClN2O2. The van der Waals surface area contributed by atoms with Crippen molar-refractivity contribution in [1.29, 1.82) is 0 Å². The first-order chi connectivity index (χ1) is 10.3. The van der Waals surface area contributed by atoms with E-state index in [9.17, 15) is 0 Å². The summed E-state index contributed by atoms with van der Waals surface area (Å²) in [7, 11) is 1.68. The van der Waals surface area contributed by atoms with E-state index in [1.54, 1.807) is 19.5 Å². The van der Waals surface area contributed by atoms with Crippen LogP contribution in [0.3, 0.4) is 0 Å². The van der Waals surface area contributed by atoms with Gasteiger partial charge in [0.1, 0.15) is 12.4 Å². The minimum atomic E-state index is 0.494. The summed E-state index contributed by atoms with van der Waals surface area (Å²) in [4.78, 5) is 3.99. The zero-order chi connectivity index (χ0) is 14.9. The molecule has 0 aliphatic rings. The summed E-state index contributed by atoms with van der Waals surface area (Å²) in [6.07, 6.45) is 3.51. The van der Waals surface area contributed by atoms with Crippen molar-refractivity contribution in [2.45, 2.75) is 13.2 Å². The zero-order valence-electron chi connectivity index (χ0n) is 12.0. The third-order valence-corrected chi connectivity index (χ3v) is 3.36. The van der Waals surface area contributed by atoms with Gasteiger partial charge in [-0.3, -0.25) is 4.98 Å². The van der Waals surface area contributed by atoms with Crippen LogP contribution in [0.15, 0.2) is 42.7 Å². The normalized spacial score (nSPS) is 10.6. The van der Waals surface area contributed by atoms with Gasteiger partial charge in [-0.15, -0.1) is 0 Å². The molecule has 5 heteroatoms. The van der Waals surface area contributed by atoms with Crippen LogP contribution in [-0.4, -0.2) is 25.2 Å². The number of nitrogens with zero attached hydrogens (tertiary/aromatic N) is 1. The fourth-order valence-electron chi connectivity index (χ4n) is 1.87. The van der Waals surface area contributed by atoms with E-state index in [1.165, 1.54) is 0 Å². The summed E-state index contributed by atoms with van der Waals surface area (Å²) in [6, 6.07) is 9.56. The Balaban J connectivity index is 1.99. The second-order valence-electron chi connectivity index (χ2n) is 4.53. The van der Waals surface area contributed by atoms with Crippen molar-refractivity contribution in [2.24, 2.45) is 0 Å². The fourth-order valence-corrected chi connectivity index (χ4v) is 2.11. The minimum absolute atomic E-state index is 0.494. The topological polar surface area (TPSA) is 43.4 Å². The van der Waals surface area contributed by atoms with E-state index in [-0.39, 0.29) is 0 Å². The smallest absolute Gasteiger partial charge is 0.125 e. The van der Waals surface area contributed by atoms with E-state index >= 15 is 0 Å². The summed E-state index contributed by atoms with van der Waals surface area (Å²) in [5.41, 5.74) is 2.03. The molecule has 0 radical (unpaired) electrons. The third kappa shape index (κ3) is 5.01. The Bertz CT molecular complexity index is 549. The second-order valence-corrected chi connectivity index (χ2v) is 4.94. The molecular weight excluding hydrogens is 288 g/mol. The van der Waals surface area contributed by atoms with Crippen LogP contribution in [0, 0.1) is 0 Å². The van der Waals surface area contributed by atoms with Crippen LogP contribution >= 0.6 is 11.6 Å². The number of benzene rings is 1. The summed E-state index contributed by atoms with van der Waals surface area (Å²) < 4.78 is 10.9. The molecule has 2 rings (SSSR count). The highest BCUT2D eigenvalue weighted by Gasteiger charge is 2.08. The van der Waals surface area contributed by atoms with Crippen LogP contribution in [0.5, 0.6) is 5.75 Å². The SMILES string of the molecule is COCCNCc1c(Cl)cccc1OCc1ccncc1. The number of pyridine rings is 1. The number of aromatic nitrogens is 1. The molecule has 2 aromatic rings. The Hall–Kier alpha value is -1.62. The van der Waals surface area contributed by atoms with Crippen LogP contribution in [0.25, 0.3) is 0 Å². The maximum Gasteiger partial charge on any atom is 0.125 e. The van der Waals surface area contributed by atoms with Crippen LogP contribution in [-0.2, 0) is 17.9 Å². The van der Waals surface area contributed by atoms with Gasteiger partial charge < -0.3 is 14.8 Å². The van der Waals surface area contributed by atoms with Crippen LogP contribution in [0.2, 0.25) is 5.02 Å². The van der Waals surface area contributed by atoms with E-state index in [2.05, 4.69) is 10.3 Å². The van der Waals surface area contributed by atoms with Crippen LogP contribution in [0.4, 0.5) is 0 Å². The Kier molecular flexibility index (Phi) is 6.47. The largest absolute Gasteiger partial charge is 0.489 e. The quantitative estimate of drug-likeness (QED) is 0.761. The van der Waals surface area contributed by atoms with E-state index < -0.39 is 0 Å². The van der Waals surface area contributed by atoms with Crippen LogP contribution in [0.1, 0.15) is 11.1 Å². The zero-order valence-corrected chi connectivity index (χ0v) is 12.8. The lowest BCUT2D eigenvalue weighted by Gasteiger charge is -2.13. The van der Waals surface area contributed by atoms with Crippen molar-refractivity contribution >= 4 is 11.6 Å². The maximum absolute atomic E-state index is 6.26. The number of hydrogen-bond acceptors (Lipinski definition) is 4. The average Bonchev–Trinajstić information content (AvgIpc) is 2.52. The van der Waals surface area contributed by atoms with Crippen molar-refractivity contribution < 1.29 is 9.47 Å². The first-order valence-corrected chi connectivity index (χ1v) is 7.18. The summed E-state index contributed by atoms with van der Waals surface area (Å²) in [6.45, 7) is 2.58. The maximum atomic E-state index is 6.26. The lowest BCUT2D eigenvalue weighted by molar-refractivity contribution is 0.199. The predicted octanol–water partition coefficient (Wildman–Crippen LogP) is 3.05. The molecule has 0 fully saturated rings. The molecule has 1 heterocycles. The molecule has 112 valence electrons. The summed E-state index contributed by atoms with van der Waals surface area (Å²) in [5, 5.41) is 3.98. The highest BCUT2D eigenvalue weighted by Crippen LogP contribution is 2.27. The molecule has 21 heavy (non-hydrogen) atoms. The Morgan fingerprint density at radius 3 is 2.76 bits per heavy atom. The van der Waals surface area contributed by atoms with Gasteiger partial charge in [-0.1, -0.05) is 17.7 Å². The molecule has 0 aliphatic heterocycles. The molecule has 0 amide bonds. The number of halogens is 1. The Labute approximate surface area is 130 Å². The van der Waals surface area contributed by atoms with Gasteiger partial charge in [0, 0.05) is 43.2 Å². The van der Waals surface area contributed by atoms with Gasteiger partial charge in [0.15, 0.2) is 0 Å². The number of hydrogen-bond donors (Lipinski definition) is 1. The van der Waals surface area contributed by atoms with Gasteiger partial charge in [0.2, 0.25) is 0 Å². The number of nitrogens with one attached hydrogen (secondary N) is 1. The fraction of sp³-hybridized carbons (Fsp3) is 0.312. The van der Waals surface area contributed by atoms with Gasteiger partial charge in [0.25, 0.3) is 0 Å². The van der Waals surface area contributed by atoms with E-state index in [1.807, 2.05) is 30.3 Å². The number of methoxy groups -OCH3 is 1. The van der Waals surface area contributed by atoms with Gasteiger partial charge in [-0.25, -0.2) is 0 Å². The molecule has 0 unspecified atom stereocenters. The van der Waals surface area contributed by atoms with Gasteiger partial charge in [-0.05, 0) is 29.8 Å².